The van der Waals surface area contributed by atoms with Gasteiger partial charge < -0.3 is 14.7 Å². The standard InChI is InChI=1S/C18H28N2O5S2/c1-5-26-18(27-6-2)12-8-7-9-19(12)17(22)15-11(3)16(25-4)14(21)10-13(15)20(23)24/h10-12,15,18,21H,5-9H2,1-4H3/t11?,12-,15?/m0/s1. The van der Waals surface area contributed by atoms with E-state index < -0.39 is 16.8 Å². The summed E-state index contributed by atoms with van der Waals surface area (Å²) in [6.45, 7) is 6.51. The molecular weight excluding hydrogens is 388 g/mol. The number of nitrogens with zero attached hydrogens (tertiary/aromatic N) is 2. The van der Waals surface area contributed by atoms with E-state index in [1.165, 1.54) is 7.11 Å². The summed E-state index contributed by atoms with van der Waals surface area (Å²) < 4.78 is 5.48. The number of amides is 1. The molecule has 1 fully saturated rings. The molecule has 0 spiro atoms. The van der Waals surface area contributed by atoms with Crippen LogP contribution in [0.15, 0.2) is 23.3 Å². The molecule has 0 radical (unpaired) electrons. The van der Waals surface area contributed by atoms with Gasteiger partial charge in [-0.25, -0.2) is 0 Å². The first-order valence-corrected chi connectivity index (χ1v) is 11.3. The summed E-state index contributed by atoms with van der Waals surface area (Å²) >= 11 is 3.65. The van der Waals surface area contributed by atoms with E-state index >= 15 is 0 Å². The summed E-state index contributed by atoms with van der Waals surface area (Å²) in [5.74, 6) is 0.0712. The van der Waals surface area contributed by atoms with Gasteiger partial charge in [0.2, 0.25) is 5.91 Å². The van der Waals surface area contributed by atoms with Crippen molar-refractivity contribution < 1.29 is 19.6 Å². The predicted molar refractivity (Wildman–Crippen MR) is 109 cm³/mol. The van der Waals surface area contributed by atoms with Crippen molar-refractivity contribution in [3.63, 3.8) is 0 Å². The molecule has 0 aromatic rings. The second-order valence-corrected chi connectivity index (χ2v) is 9.70. The summed E-state index contributed by atoms with van der Waals surface area (Å²) in [4.78, 5) is 26.3. The monoisotopic (exact) mass is 416 g/mol. The van der Waals surface area contributed by atoms with Gasteiger partial charge in [-0.2, -0.15) is 0 Å². The number of rotatable bonds is 8. The molecule has 0 saturated carbocycles. The van der Waals surface area contributed by atoms with Crippen LogP contribution in [0.25, 0.3) is 0 Å². The molecule has 3 atom stereocenters. The first-order valence-electron chi connectivity index (χ1n) is 9.24. The Kier molecular flexibility index (Phi) is 7.91. The second kappa shape index (κ2) is 9.73. The van der Waals surface area contributed by atoms with Gasteiger partial charge in [-0.05, 0) is 24.3 Å². The molecule has 1 saturated heterocycles. The van der Waals surface area contributed by atoms with Gasteiger partial charge in [0.15, 0.2) is 5.76 Å². The van der Waals surface area contributed by atoms with Gasteiger partial charge in [0.25, 0.3) is 5.70 Å². The van der Waals surface area contributed by atoms with Crippen molar-refractivity contribution in [3.8, 4) is 0 Å². The molecule has 2 unspecified atom stereocenters. The molecule has 1 amide bonds. The number of carbonyl (C=O) groups excluding carboxylic acids is 1. The van der Waals surface area contributed by atoms with E-state index in [1.807, 2.05) is 28.4 Å². The molecule has 0 aromatic carbocycles. The number of ether oxygens (including phenoxy) is 1. The SMILES string of the molecule is CCSC(SCC)[C@@H]1CCCN1C(=O)C1C([N+](=O)[O-])=CC(O)=C(OC)C1C. The quantitative estimate of drug-likeness (QED) is 0.367. The third-order valence-electron chi connectivity index (χ3n) is 5.02. The van der Waals surface area contributed by atoms with E-state index in [0.29, 0.717) is 6.54 Å². The molecule has 1 aliphatic carbocycles. The first-order chi connectivity index (χ1) is 12.9. The largest absolute Gasteiger partial charge is 0.504 e. The molecule has 2 aliphatic rings. The van der Waals surface area contributed by atoms with Crippen LogP contribution in [0, 0.1) is 22.0 Å². The van der Waals surface area contributed by atoms with Crippen LogP contribution in [-0.2, 0) is 9.53 Å². The Morgan fingerprint density at radius 3 is 2.59 bits per heavy atom. The molecule has 27 heavy (non-hydrogen) atoms. The summed E-state index contributed by atoms with van der Waals surface area (Å²) in [6.07, 6.45) is 2.87. The molecular formula is C18H28N2O5S2. The highest BCUT2D eigenvalue weighted by Crippen LogP contribution is 2.40. The Morgan fingerprint density at radius 1 is 1.44 bits per heavy atom. The first kappa shape index (κ1) is 21.9. The normalized spacial score (nSPS) is 25.7. The molecule has 9 heteroatoms. The van der Waals surface area contributed by atoms with Crippen LogP contribution in [0.3, 0.4) is 0 Å². The van der Waals surface area contributed by atoms with Gasteiger partial charge in [-0.15, -0.1) is 23.5 Å². The smallest absolute Gasteiger partial charge is 0.263 e. The lowest BCUT2D eigenvalue weighted by Gasteiger charge is -2.35. The van der Waals surface area contributed by atoms with Crippen LogP contribution in [0.4, 0.5) is 0 Å². The van der Waals surface area contributed by atoms with Crippen LogP contribution in [-0.4, -0.2) is 56.6 Å². The van der Waals surface area contributed by atoms with Crippen molar-refractivity contribution in [2.24, 2.45) is 11.8 Å². The van der Waals surface area contributed by atoms with Gasteiger partial charge in [-0.1, -0.05) is 20.8 Å². The third-order valence-corrected chi connectivity index (χ3v) is 7.79. The van der Waals surface area contributed by atoms with Crippen LogP contribution >= 0.6 is 23.5 Å². The number of carbonyl (C=O) groups is 1. The fraction of sp³-hybridized carbons (Fsp3) is 0.722. The maximum Gasteiger partial charge on any atom is 0.263 e. The predicted octanol–water partition coefficient (Wildman–Crippen LogP) is 3.65. The second-order valence-electron chi connectivity index (χ2n) is 6.57. The minimum atomic E-state index is -0.953. The summed E-state index contributed by atoms with van der Waals surface area (Å²) in [7, 11) is 1.40. The fourth-order valence-electron chi connectivity index (χ4n) is 3.87. The molecule has 0 aromatic heterocycles. The number of methoxy groups -OCH3 is 1. The highest BCUT2D eigenvalue weighted by molar-refractivity contribution is 8.17. The highest BCUT2D eigenvalue weighted by Gasteiger charge is 2.47. The van der Waals surface area contributed by atoms with Gasteiger partial charge >= 0.3 is 0 Å². The molecule has 1 aliphatic heterocycles. The molecule has 7 nitrogen and oxygen atoms in total. The zero-order valence-electron chi connectivity index (χ0n) is 16.2. The van der Waals surface area contributed by atoms with Crippen molar-refractivity contribution in [1.29, 1.82) is 0 Å². The van der Waals surface area contributed by atoms with Crippen LogP contribution < -0.4 is 0 Å². The van der Waals surface area contributed by atoms with Crippen LogP contribution in [0.1, 0.15) is 33.6 Å². The van der Waals surface area contributed by atoms with Crippen molar-refractivity contribution in [2.45, 2.75) is 44.2 Å². The van der Waals surface area contributed by atoms with E-state index in [9.17, 15) is 20.0 Å². The third kappa shape index (κ3) is 4.56. The Morgan fingerprint density at radius 2 is 2.07 bits per heavy atom. The summed E-state index contributed by atoms with van der Waals surface area (Å²) in [5, 5.41) is 21.6. The van der Waals surface area contributed by atoms with E-state index in [2.05, 4.69) is 13.8 Å². The Bertz CT molecular complexity index is 631. The number of aliphatic hydroxyl groups is 1. The number of aliphatic hydroxyl groups excluding tert-OH is 1. The molecule has 0 bridgehead atoms. The number of hydrogen-bond acceptors (Lipinski definition) is 7. The number of thioether (sulfide) groups is 2. The number of nitro groups is 1. The molecule has 1 heterocycles. The molecule has 152 valence electrons. The van der Waals surface area contributed by atoms with Crippen LogP contribution in [0.2, 0.25) is 0 Å². The average molecular weight is 417 g/mol. The van der Waals surface area contributed by atoms with Crippen molar-refractivity contribution >= 4 is 29.4 Å². The number of hydrogen-bond donors (Lipinski definition) is 1. The van der Waals surface area contributed by atoms with Crippen molar-refractivity contribution in [2.75, 3.05) is 25.2 Å². The Hall–Kier alpha value is -1.35. The summed E-state index contributed by atoms with van der Waals surface area (Å²) in [5.41, 5.74) is -0.265. The average Bonchev–Trinajstić information content (AvgIpc) is 3.10. The zero-order valence-corrected chi connectivity index (χ0v) is 17.8. The number of likely N-dealkylation sites (tertiary alicyclic amines) is 1. The molecule has 2 rings (SSSR count). The van der Waals surface area contributed by atoms with E-state index in [0.717, 1.165) is 30.4 Å². The fourth-order valence-corrected chi connectivity index (χ4v) is 6.73. The minimum absolute atomic E-state index is 0.0677. The minimum Gasteiger partial charge on any atom is -0.504 e. The van der Waals surface area contributed by atoms with E-state index in [1.54, 1.807) is 6.92 Å². The molecule has 1 N–H and O–H groups in total. The van der Waals surface area contributed by atoms with E-state index in [-0.39, 0.29) is 33.7 Å². The lowest BCUT2D eigenvalue weighted by molar-refractivity contribution is -0.434. The van der Waals surface area contributed by atoms with Crippen LogP contribution in [0.5, 0.6) is 0 Å². The topological polar surface area (TPSA) is 92.9 Å². The van der Waals surface area contributed by atoms with Gasteiger partial charge in [-0.3, -0.25) is 14.9 Å². The zero-order chi connectivity index (χ0) is 20.1. The Labute approximate surface area is 168 Å². The van der Waals surface area contributed by atoms with Gasteiger partial charge in [0.1, 0.15) is 11.7 Å². The Balaban J connectivity index is 2.33. The number of allylic oxidation sites excluding steroid dienone is 2. The van der Waals surface area contributed by atoms with Gasteiger partial charge in [0, 0.05) is 12.5 Å². The summed E-state index contributed by atoms with van der Waals surface area (Å²) in [6, 6.07) is 0.0677. The maximum atomic E-state index is 13.4. The van der Waals surface area contributed by atoms with Gasteiger partial charge in [0.05, 0.1) is 28.7 Å². The van der Waals surface area contributed by atoms with Crippen molar-refractivity contribution in [3.05, 3.63) is 33.4 Å². The van der Waals surface area contributed by atoms with E-state index in [4.69, 9.17) is 4.74 Å². The van der Waals surface area contributed by atoms with Crippen molar-refractivity contribution in [1.82, 2.24) is 4.90 Å². The maximum absolute atomic E-state index is 13.4. The lowest BCUT2D eigenvalue weighted by Crippen LogP contribution is -2.47. The lowest BCUT2D eigenvalue weighted by atomic mass is 9.83. The highest BCUT2D eigenvalue weighted by atomic mass is 32.2.